The predicted molar refractivity (Wildman–Crippen MR) is 91.9 cm³/mol. The molecule has 1 N–H and O–H groups in total. The Balaban J connectivity index is 1.73. The van der Waals surface area contributed by atoms with Crippen molar-refractivity contribution in [3.8, 4) is 10.4 Å². The molecule has 0 saturated heterocycles. The summed E-state index contributed by atoms with van der Waals surface area (Å²) < 4.78 is 0. The maximum absolute atomic E-state index is 11.9. The number of hydrogen-bond acceptors (Lipinski definition) is 4. The van der Waals surface area contributed by atoms with Crippen molar-refractivity contribution in [2.24, 2.45) is 0 Å². The lowest BCUT2D eigenvalue weighted by atomic mass is 10.2. The molecule has 1 amide bonds. The summed E-state index contributed by atoms with van der Waals surface area (Å²) in [6.45, 7) is 7.21. The average Bonchev–Trinajstić information content (AvgIpc) is 3.15. The van der Waals surface area contributed by atoms with Crippen LogP contribution in [0.4, 0.5) is 0 Å². The molecule has 0 fully saturated rings. The molecule has 0 bridgehead atoms. The summed E-state index contributed by atoms with van der Waals surface area (Å²) in [5, 5.41) is 7.66. The van der Waals surface area contributed by atoms with Crippen molar-refractivity contribution in [1.82, 2.24) is 10.2 Å². The Kier molecular flexibility index (Phi) is 6.42. The lowest BCUT2D eigenvalue weighted by molar-refractivity contribution is -0.130. The average molecular weight is 322 g/mol. The van der Waals surface area contributed by atoms with Gasteiger partial charge in [0.1, 0.15) is 0 Å². The van der Waals surface area contributed by atoms with E-state index in [0.717, 1.165) is 26.2 Å². The first-order valence-electron chi connectivity index (χ1n) is 7.34. The predicted octanol–water partition coefficient (Wildman–Crippen LogP) is 3.82. The molecule has 2 rings (SSSR count). The molecule has 0 spiro atoms. The first-order chi connectivity index (χ1) is 10.2. The molecule has 21 heavy (non-hydrogen) atoms. The van der Waals surface area contributed by atoms with Gasteiger partial charge in [-0.25, -0.2) is 0 Å². The Hall–Kier alpha value is -1.17. The fraction of sp³-hybridized carbons (Fsp3) is 0.438. The zero-order valence-corrected chi connectivity index (χ0v) is 14.2. The van der Waals surface area contributed by atoms with Gasteiger partial charge in [0.15, 0.2) is 0 Å². The first kappa shape index (κ1) is 16.2. The highest BCUT2D eigenvalue weighted by Crippen LogP contribution is 2.29. The molecule has 2 heterocycles. The molecule has 2 aromatic rings. The third-order valence-electron chi connectivity index (χ3n) is 3.39. The SMILES string of the molecule is CCN(CC)C(=O)CCNCc1cc(-c2cccs2)cs1. The van der Waals surface area contributed by atoms with Gasteiger partial charge in [0.25, 0.3) is 0 Å². The van der Waals surface area contributed by atoms with Gasteiger partial charge in [-0.3, -0.25) is 4.79 Å². The number of thiophene rings is 2. The van der Waals surface area contributed by atoms with E-state index in [1.54, 1.807) is 22.7 Å². The van der Waals surface area contributed by atoms with E-state index >= 15 is 0 Å². The van der Waals surface area contributed by atoms with Gasteiger partial charge < -0.3 is 10.2 Å². The smallest absolute Gasteiger partial charge is 0.223 e. The van der Waals surface area contributed by atoms with Crippen LogP contribution in [-0.4, -0.2) is 30.4 Å². The zero-order valence-electron chi connectivity index (χ0n) is 12.6. The lowest BCUT2D eigenvalue weighted by Gasteiger charge is -2.18. The number of carbonyl (C=O) groups excluding carboxylic acids is 1. The van der Waals surface area contributed by atoms with Crippen molar-refractivity contribution >= 4 is 28.6 Å². The highest BCUT2D eigenvalue weighted by molar-refractivity contribution is 7.14. The van der Waals surface area contributed by atoms with Crippen molar-refractivity contribution in [3.05, 3.63) is 33.8 Å². The summed E-state index contributed by atoms with van der Waals surface area (Å²) in [6, 6.07) is 6.46. The summed E-state index contributed by atoms with van der Waals surface area (Å²) in [7, 11) is 0. The maximum atomic E-state index is 11.9. The second-order valence-electron chi connectivity index (χ2n) is 4.77. The second-order valence-corrected chi connectivity index (χ2v) is 6.72. The van der Waals surface area contributed by atoms with Gasteiger partial charge in [-0.15, -0.1) is 22.7 Å². The highest BCUT2D eigenvalue weighted by Gasteiger charge is 2.08. The van der Waals surface area contributed by atoms with Crippen LogP contribution in [0.15, 0.2) is 29.0 Å². The zero-order chi connectivity index (χ0) is 15.1. The minimum Gasteiger partial charge on any atom is -0.343 e. The number of rotatable bonds is 8. The molecule has 0 radical (unpaired) electrons. The molecule has 0 unspecified atom stereocenters. The van der Waals surface area contributed by atoms with E-state index < -0.39 is 0 Å². The lowest BCUT2D eigenvalue weighted by Crippen LogP contribution is -2.32. The summed E-state index contributed by atoms with van der Waals surface area (Å²) >= 11 is 3.54. The molecular weight excluding hydrogens is 300 g/mol. The van der Waals surface area contributed by atoms with Gasteiger partial charge in [-0.1, -0.05) is 6.07 Å². The Morgan fingerprint density at radius 1 is 1.29 bits per heavy atom. The molecule has 0 aliphatic heterocycles. The van der Waals surface area contributed by atoms with Gasteiger partial charge in [0.2, 0.25) is 5.91 Å². The van der Waals surface area contributed by atoms with E-state index in [-0.39, 0.29) is 5.91 Å². The van der Waals surface area contributed by atoms with E-state index in [9.17, 15) is 4.79 Å². The van der Waals surface area contributed by atoms with Crippen LogP contribution in [0.3, 0.4) is 0 Å². The van der Waals surface area contributed by atoms with E-state index in [1.165, 1.54) is 15.3 Å². The quantitative estimate of drug-likeness (QED) is 0.749. The Morgan fingerprint density at radius 3 is 2.76 bits per heavy atom. The van der Waals surface area contributed by atoms with Crippen molar-refractivity contribution in [2.45, 2.75) is 26.8 Å². The Labute approximate surface area is 134 Å². The number of carbonyl (C=O) groups is 1. The van der Waals surface area contributed by atoms with Gasteiger partial charge in [-0.2, -0.15) is 0 Å². The van der Waals surface area contributed by atoms with Crippen LogP contribution in [0, 0.1) is 0 Å². The fourth-order valence-corrected chi connectivity index (χ4v) is 3.83. The van der Waals surface area contributed by atoms with Crippen molar-refractivity contribution in [2.75, 3.05) is 19.6 Å². The van der Waals surface area contributed by atoms with E-state index in [4.69, 9.17) is 0 Å². The summed E-state index contributed by atoms with van der Waals surface area (Å²) in [5.74, 6) is 0.234. The van der Waals surface area contributed by atoms with Crippen LogP contribution < -0.4 is 5.32 Å². The van der Waals surface area contributed by atoms with Crippen molar-refractivity contribution in [3.63, 3.8) is 0 Å². The number of nitrogens with zero attached hydrogens (tertiary/aromatic N) is 1. The molecule has 3 nitrogen and oxygen atoms in total. The van der Waals surface area contributed by atoms with Crippen LogP contribution in [0.2, 0.25) is 0 Å². The molecule has 0 atom stereocenters. The first-order valence-corrected chi connectivity index (χ1v) is 9.10. The monoisotopic (exact) mass is 322 g/mol. The molecule has 114 valence electrons. The topological polar surface area (TPSA) is 32.3 Å². The van der Waals surface area contributed by atoms with Gasteiger partial charge >= 0.3 is 0 Å². The molecule has 5 heteroatoms. The molecule has 0 aromatic carbocycles. The van der Waals surface area contributed by atoms with E-state index in [0.29, 0.717) is 6.42 Å². The summed E-state index contributed by atoms with van der Waals surface area (Å²) in [5.41, 5.74) is 1.30. The van der Waals surface area contributed by atoms with Crippen LogP contribution in [-0.2, 0) is 11.3 Å². The van der Waals surface area contributed by atoms with Crippen molar-refractivity contribution in [1.29, 1.82) is 0 Å². The highest BCUT2D eigenvalue weighted by atomic mass is 32.1. The van der Waals surface area contributed by atoms with E-state index in [2.05, 4.69) is 34.3 Å². The molecule has 0 saturated carbocycles. The van der Waals surface area contributed by atoms with Crippen LogP contribution in [0.1, 0.15) is 25.1 Å². The number of nitrogens with one attached hydrogen (secondary N) is 1. The van der Waals surface area contributed by atoms with Gasteiger partial charge in [0.05, 0.1) is 0 Å². The Morgan fingerprint density at radius 2 is 2.10 bits per heavy atom. The molecule has 0 aliphatic rings. The number of amides is 1. The second kappa shape index (κ2) is 8.32. The summed E-state index contributed by atoms with van der Waals surface area (Å²) in [6.07, 6.45) is 0.574. The number of hydrogen-bond donors (Lipinski definition) is 1. The van der Waals surface area contributed by atoms with E-state index in [1.807, 2.05) is 18.7 Å². The molecule has 2 aromatic heterocycles. The van der Waals surface area contributed by atoms with Gasteiger partial charge in [0, 0.05) is 47.9 Å². The molecule has 0 aliphatic carbocycles. The summed E-state index contributed by atoms with van der Waals surface area (Å²) in [4.78, 5) is 16.4. The van der Waals surface area contributed by atoms with Crippen LogP contribution in [0.25, 0.3) is 10.4 Å². The Bertz CT molecular complexity index is 544. The third-order valence-corrected chi connectivity index (χ3v) is 5.25. The van der Waals surface area contributed by atoms with Gasteiger partial charge in [-0.05, 0) is 36.7 Å². The largest absolute Gasteiger partial charge is 0.343 e. The maximum Gasteiger partial charge on any atom is 0.223 e. The normalized spacial score (nSPS) is 10.8. The van der Waals surface area contributed by atoms with Crippen molar-refractivity contribution < 1.29 is 4.79 Å². The standard InChI is InChI=1S/C16H22N2OS2/c1-3-18(4-2)16(19)7-8-17-11-14-10-13(12-21-14)15-6-5-9-20-15/h5-6,9-10,12,17H,3-4,7-8,11H2,1-2H3. The fourth-order valence-electron chi connectivity index (χ4n) is 2.19. The minimum absolute atomic E-state index is 0.234. The third kappa shape index (κ3) is 4.66. The van der Waals surface area contributed by atoms with Crippen LogP contribution in [0.5, 0.6) is 0 Å². The molecular formula is C16H22N2OS2. The van der Waals surface area contributed by atoms with Crippen LogP contribution >= 0.6 is 22.7 Å². The minimum atomic E-state index is 0.234.